The van der Waals surface area contributed by atoms with Gasteiger partial charge in [0.1, 0.15) is 25.7 Å². The molecule has 2 N–H and O–H groups in total. The Morgan fingerprint density at radius 1 is 1.05 bits per heavy atom. The summed E-state index contributed by atoms with van der Waals surface area (Å²) in [6.45, 7) is 5.92. The van der Waals surface area contributed by atoms with E-state index in [9.17, 15) is 5.11 Å². The maximum atomic E-state index is 10.2. The predicted molar refractivity (Wildman–Crippen MR) is 83.8 cm³/mol. The van der Waals surface area contributed by atoms with Gasteiger partial charge in [0, 0.05) is 0 Å². The Bertz CT molecular complexity index is 345. The van der Waals surface area contributed by atoms with Crippen molar-refractivity contribution in [3.63, 3.8) is 0 Å². The molecule has 5 aliphatic rings. The molecule has 1 heterocycles. The average Bonchev–Trinajstić information content (AvgIpc) is 2.46. The fourth-order valence-corrected chi connectivity index (χ4v) is 6.13. The van der Waals surface area contributed by atoms with E-state index < -0.39 is 0 Å². The second kappa shape index (κ2) is 6.39. The monoisotopic (exact) mass is 310 g/mol. The van der Waals surface area contributed by atoms with Crippen molar-refractivity contribution in [2.75, 3.05) is 46.1 Å². The Morgan fingerprint density at radius 2 is 1.64 bits per heavy atom. The highest BCUT2D eigenvalue weighted by molar-refractivity contribution is 5.01. The van der Waals surface area contributed by atoms with Crippen molar-refractivity contribution in [3.8, 4) is 0 Å². The van der Waals surface area contributed by atoms with E-state index >= 15 is 0 Å². The Balaban J connectivity index is 1.21. The van der Waals surface area contributed by atoms with Gasteiger partial charge in [-0.15, -0.1) is 0 Å². The lowest BCUT2D eigenvalue weighted by Gasteiger charge is -2.56. The number of hydrogen-bond acceptors (Lipinski definition) is 3. The second-order valence-corrected chi connectivity index (χ2v) is 8.65. The number of hydrogen-bond donors (Lipinski definition) is 2. The van der Waals surface area contributed by atoms with Gasteiger partial charge in [-0.25, -0.2) is 0 Å². The van der Waals surface area contributed by atoms with Crippen LogP contribution in [0.15, 0.2) is 0 Å². The first-order valence-corrected chi connectivity index (χ1v) is 9.38. The number of rotatable bonds is 6. The molecule has 4 heteroatoms. The van der Waals surface area contributed by atoms with Crippen LogP contribution in [-0.4, -0.2) is 57.3 Å². The third-order valence-corrected chi connectivity index (χ3v) is 6.61. The molecule has 5 rings (SSSR count). The van der Waals surface area contributed by atoms with Crippen LogP contribution >= 0.6 is 0 Å². The van der Waals surface area contributed by atoms with Gasteiger partial charge < -0.3 is 19.5 Å². The summed E-state index contributed by atoms with van der Waals surface area (Å²) in [4.78, 5) is 1.46. The van der Waals surface area contributed by atoms with Gasteiger partial charge in [0.15, 0.2) is 0 Å². The smallest absolute Gasteiger partial charge is 0.126 e. The number of morpholine rings is 1. The first kappa shape index (κ1) is 15.4. The van der Waals surface area contributed by atoms with Gasteiger partial charge in [-0.2, -0.15) is 0 Å². The fourth-order valence-electron chi connectivity index (χ4n) is 6.13. The molecule has 4 aliphatic carbocycles. The van der Waals surface area contributed by atoms with E-state index in [1.165, 1.54) is 43.4 Å². The summed E-state index contributed by atoms with van der Waals surface area (Å²) in [5.74, 6) is 2.95. The third-order valence-electron chi connectivity index (χ3n) is 6.61. The lowest BCUT2D eigenvalue weighted by Crippen LogP contribution is -3.15. The average molecular weight is 310 g/mol. The first-order valence-electron chi connectivity index (χ1n) is 9.38. The molecule has 5 fully saturated rings. The topological polar surface area (TPSA) is 43.1 Å². The summed E-state index contributed by atoms with van der Waals surface area (Å²) in [5.41, 5.74) is 0.473. The maximum Gasteiger partial charge on any atom is 0.126 e. The molecule has 0 amide bonds. The molecule has 4 nitrogen and oxygen atoms in total. The minimum Gasteiger partial charge on any atom is -0.385 e. The maximum absolute atomic E-state index is 10.2. The molecule has 0 spiro atoms. The van der Waals surface area contributed by atoms with Crippen LogP contribution in [0.3, 0.4) is 0 Å². The van der Waals surface area contributed by atoms with Gasteiger partial charge in [0.2, 0.25) is 0 Å². The van der Waals surface area contributed by atoms with Crippen molar-refractivity contribution in [2.24, 2.45) is 23.2 Å². The SMILES string of the molecule is O[C@H](COCC12CC3CC(CC(C3)C1)C2)C[NH+]1CCOCC1. The number of ether oxygens (including phenoxy) is 2. The summed E-state index contributed by atoms with van der Waals surface area (Å²) >= 11 is 0. The Labute approximate surface area is 134 Å². The summed E-state index contributed by atoms with van der Waals surface area (Å²) in [5, 5.41) is 10.2. The summed E-state index contributed by atoms with van der Waals surface area (Å²) in [7, 11) is 0. The zero-order valence-electron chi connectivity index (χ0n) is 13.8. The van der Waals surface area contributed by atoms with E-state index in [0.717, 1.165) is 57.2 Å². The largest absolute Gasteiger partial charge is 0.385 e. The minimum absolute atomic E-state index is 0.318. The molecule has 0 aromatic carbocycles. The third kappa shape index (κ3) is 3.35. The van der Waals surface area contributed by atoms with E-state index in [-0.39, 0.29) is 6.10 Å². The van der Waals surface area contributed by atoms with Crippen molar-refractivity contribution in [2.45, 2.75) is 44.6 Å². The zero-order chi connectivity index (χ0) is 15.0. The van der Waals surface area contributed by atoms with Crippen LogP contribution in [0.25, 0.3) is 0 Å². The van der Waals surface area contributed by atoms with Gasteiger partial charge in [0.25, 0.3) is 0 Å². The molecule has 0 unspecified atom stereocenters. The van der Waals surface area contributed by atoms with Crippen LogP contribution in [0.2, 0.25) is 0 Å². The second-order valence-electron chi connectivity index (χ2n) is 8.65. The van der Waals surface area contributed by atoms with Gasteiger partial charge in [-0.05, 0) is 61.7 Å². The van der Waals surface area contributed by atoms with Gasteiger partial charge >= 0.3 is 0 Å². The minimum atomic E-state index is -0.318. The van der Waals surface area contributed by atoms with E-state index in [4.69, 9.17) is 9.47 Å². The molecule has 0 aromatic heterocycles. The molecule has 0 radical (unpaired) electrons. The number of aliphatic hydroxyl groups is 1. The van der Waals surface area contributed by atoms with Crippen LogP contribution < -0.4 is 4.90 Å². The first-order chi connectivity index (χ1) is 10.7. The predicted octanol–water partition coefficient (Wildman–Crippen LogP) is 0.495. The summed E-state index contributed by atoms with van der Waals surface area (Å²) < 4.78 is 11.4. The van der Waals surface area contributed by atoms with E-state index in [2.05, 4.69) is 0 Å². The Hall–Kier alpha value is -0.160. The van der Waals surface area contributed by atoms with Crippen molar-refractivity contribution in [3.05, 3.63) is 0 Å². The van der Waals surface area contributed by atoms with Crippen LogP contribution in [0, 0.1) is 23.2 Å². The highest BCUT2D eigenvalue weighted by Crippen LogP contribution is 2.59. The molecule has 4 saturated carbocycles. The molecular weight excluding hydrogens is 278 g/mol. The van der Waals surface area contributed by atoms with Gasteiger partial charge in [-0.1, -0.05) is 0 Å². The molecular formula is C18H32NO3+. The van der Waals surface area contributed by atoms with E-state index in [0.29, 0.717) is 12.0 Å². The van der Waals surface area contributed by atoms with Crippen molar-refractivity contribution in [1.29, 1.82) is 0 Å². The van der Waals surface area contributed by atoms with Crippen LogP contribution in [0.5, 0.6) is 0 Å². The summed E-state index contributed by atoms with van der Waals surface area (Å²) in [6, 6.07) is 0. The van der Waals surface area contributed by atoms with Crippen LogP contribution in [0.1, 0.15) is 38.5 Å². The molecule has 1 saturated heterocycles. The van der Waals surface area contributed by atoms with Crippen molar-refractivity contribution < 1.29 is 19.5 Å². The zero-order valence-corrected chi connectivity index (χ0v) is 13.8. The highest BCUT2D eigenvalue weighted by Gasteiger charge is 2.50. The Kier molecular flexibility index (Phi) is 4.46. The van der Waals surface area contributed by atoms with Crippen LogP contribution in [-0.2, 0) is 9.47 Å². The molecule has 4 bridgehead atoms. The van der Waals surface area contributed by atoms with Crippen molar-refractivity contribution in [1.82, 2.24) is 0 Å². The number of quaternary nitrogens is 1. The lowest BCUT2D eigenvalue weighted by molar-refractivity contribution is -0.911. The fraction of sp³-hybridized carbons (Fsp3) is 1.00. The van der Waals surface area contributed by atoms with E-state index in [1.54, 1.807) is 0 Å². The van der Waals surface area contributed by atoms with Gasteiger partial charge in [0.05, 0.1) is 26.4 Å². The molecule has 22 heavy (non-hydrogen) atoms. The number of nitrogens with one attached hydrogen (secondary N) is 1. The molecule has 1 atom stereocenters. The quantitative estimate of drug-likeness (QED) is 0.751. The number of aliphatic hydroxyl groups excluding tert-OH is 1. The highest BCUT2D eigenvalue weighted by atomic mass is 16.5. The van der Waals surface area contributed by atoms with Crippen molar-refractivity contribution >= 4 is 0 Å². The molecule has 126 valence electrons. The Morgan fingerprint density at radius 3 is 2.23 bits per heavy atom. The molecule has 0 aromatic rings. The molecule has 1 aliphatic heterocycles. The lowest BCUT2D eigenvalue weighted by atomic mass is 9.50. The normalized spacial score (nSPS) is 42.7. The van der Waals surface area contributed by atoms with Gasteiger partial charge in [-0.3, -0.25) is 0 Å². The van der Waals surface area contributed by atoms with E-state index in [1.807, 2.05) is 0 Å². The van der Waals surface area contributed by atoms with Crippen LogP contribution in [0.4, 0.5) is 0 Å². The standard InChI is InChI=1S/C18H31NO3/c20-17(11-19-1-3-21-4-2-19)12-22-13-18-8-14-5-15(9-18)7-16(6-14)10-18/h14-17,20H,1-13H2/p+1/t14?,15?,16?,17-,18?/m0/s1. The summed E-state index contributed by atoms with van der Waals surface area (Å²) in [6.07, 6.45) is 8.33.